The van der Waals surface area contributed by atoms with Crippen LogP contribution in [0.5, 0.6) is 0 Å². The second kappa shape index (κ2) is 6.58. The quantitative estimate of drug-likeness (QED) is 0.835. The van der Waals surface area contributed by atoms with Gasteiger partial charge in [0.15, 0.2) is 0 Å². The summed E-state index contributed by atoms with van der Waals surface area (Å²) in [6, 6.07) is 0.651. The standard InChI is InChI=1S/C17H34N2/c1-14-8-10-15(11-9-14)16(18-4)17(2,3)19-12-6-5-7-13-19/h14-16,18H,5-13H2,1-4H3. The van der Waals surface area contributed by atoms with Gasteiger partial charge >= 0.3 is 0 Å². The summed E-state index contributed by atoms with van der Waals surface area (Å²) in [4.78, 5) is 2.75. The Morgan fingerprint density at radius 1 is 1.00 bits per heavy atom. The molecule has 1 aliphatic carbocycles. The summed E-state index contributed by atoms with van der Waals surface area (Å²) in [6.45, 7) is 9.96. The van der Waals surface area contributed by atoms with E-state index in [0.29, 0.717) is 11.6 Å². The molecule has 2 nitrogen and oxygen atoms in total. The summed E-state index contributed by atoms with van der Waals surface area (Å²) in [7, 11) is 2.17. The third kappa shape index (κ3) is 3.52. The van der Waals surface area contributed by atoms with E-state index in [1.807, 2.05) is 0 Å². The number of likely N-dealkylation sites (tertiary alicyclic amines) is 1. The molecule has 2 fully saturated rings. The predicted molar refractivity (Wildman–Crippen MR) is 83.5 cm³/mol. The summed E-state index contributed by atoms with van der Waals surface area (Å²) in [6.07, 6.45) is 9.91. The summed E-state index contributed by atoms with van der Waals surface area (Å²) in [5.41, 5.74) is 0.306. The fourth-order valence-electron chi connectivity index (χ4n) is 4.45. The fourth-order valence-corrected chi connectivity index (χ4v) is 4.45. The average Bonchev–Trinajstić information content (AvgIpc) is 2.42. The molecule has 0 spiro atoms. The van der Waals surface area contributed by atoms with Crippen molar-refractivity contribution in [3.05, 3.63) is 0 Å². The Kier molecular flexibility index (Phi) is 5.30. The van der Waals surface area contributed by atoms with E-state index in [2.05, 4.69) is 38.0 Å². The lowest BCUT2D eigenvalue weighted by Crippen LogP contribution is -2.61. The highest BCUT2D eigenvalue weighted by Crippen LogP contribution is 2.36. The number of hydrogen-bond donors (Lipinski definition) is 1. The van der Waals surface area contributed by atoms with Crippen LogP contribution in [0.1, 0.15) is 65.7 Å². The summed E-state index contributed by atoms with van der Waals surface area (Å²) >= 11 is 0. The number of piperidine rings is 1. The minimum absolute atomic E-state index is 0.306. The van der Waals surface area contributed by atoms with Crippen molar-refractivity contribution in [3.8, 4) is 0 Å². The van der Waals surface area contributed by atoms with Gasteiger partial charge in [0.1, 0.15) is 0 Å². The maximum absolute atomic E-state index is 3.68. The number of nitrogens with one attached hydrogen (secondary N) is 1. The van der Waals surface area contributed by atoms with Gasteiger partial charge in [-0.3, -0.25) is 4.90 Å². The Balaban J connectivity index is 2.02. The van der Waals surface area contributed by atoms with Gasteiger partial charge in [-0.2, -0.15) is 0 Å². The van der Waals surface area contributed by atoms with Crippen molar-refractivity contribution in [1.29, 1.82) is 0 Å². The minimum atomic E-state index is 0.306. The summed E-state index contributed by atoms with van der Waals surface area (Å²) in [5.74, 6) is 1.82. The first kappa shape index (κ1) is 15.3. The lowest BCUT2D eigenvalue weighted by Gasteiger charge is -2.49. The SMILES string of the molecule is CNC(C1CCC(C)CC1)C(C)(C)N1CCCCC1. The van der Waals surface area contributed by atoms with Crippen LogP contribution in [0.3, 0.4) is 0 Å². The van der Waals surface area contributed by atoms with Gasteiger partial charge in [-0.05, 0) is 71.5 Å². The molecule has 0 aromatic rings. The molecule has 2 heteroatoms. The molecule has 0 aromatic carbocycles. The van der Waals surface area contributed by atoms with Crippen LogP contribution in [0.2, 0.25) is 0 Å². The summed E-state index contributed by atoms with van der Waals surface area (Å²) < 4.78 is 0. The molecule has 1 N–H and O–H groups in total. The van der Waals surface area contributed by atoms with E-state index in [-0.39, 0.29) is 0 Å². The van der Waals surface area contributed by atoms with Gasteiger partial charge in [0.2, 0.25) is 0 Å². The maximum Gasteiger partial charge on any atom is 0.0308 e. The lowest BCUT2D eigenvalue weighted by atomic mass is 9.73. The smallest absolute Gasteiger partial charge is 0.0308 e. The molecule has 112 valence electrons. The van der Waals surface area contributed by atoms with Crippen molar-refractivity contribution in [2.75, 3.05) is 20.1 Å². The first-order valence-electron chi connectivity index (χ1n) is 8.48. The molecular formula is C17H34N2. The van der Waals surface area contributed by atoms with E-state index in [9.17, 15) is 0 Å². The summed E-state index contributed by atoms with van der Waals surface area (Å²) in [5, 5.41) is 3.68. The largest absolute Gasteiger partial charge is 0.315 e. The molecule has 0 bridgehead atoms. The van der Waals surface area contributed by atoms with Gasteiger partial charge in [-0.1, -0.05) is 26.2 Å². The number of likely N-dealkylation sites (N-methyl/N-ethyl adjacent to an activating group) is 1. The second-order valence-electron chi connectivity index (χ2n) is 7.49. The molecule has 2 rings (SSSR count). The van der Waals surface area contributed by atoms with E-state index < -0.39 is 0 Å². The molecule has 0 radical (unpaired) electrons. The monoisotopic (exact) mass is 266 g/mol. The van der Waals surface area contributed by atoms with Crippen LogP contribution in [0.25, 0.3) is 0 Å². The fraction of sp³-hybridized carbons (Fsp3) is 1.00. The van der Waals surface area contributed by atoms with Gasteiger partial charge < -0.3 is 5.32 Å². The third-order valence-corrected chi connectivity index (χ3v) is 5.78. The molecule has 1 heterocycles. The minimum Gasteiger partial charge on any atom is -0.315 e. The first-order valence-corrected chi connectivity index (χ1v) is 8.48. The van der Waals surface area contributed by atoms with Crippen LogP contribution in [-0.2, 0) is 0 Å². The van der Waals surface area contributed by atoms with Gasteiger partial charge in [-0.25, -0.2) is 0 Å². The highest BCUT2D eigenvalue weighted by molar-refractivity contribution is 4.98. The highest BCUT2D eigenvalue weighted by atomic mass is 15.2. The van der Waals surface area contributed by atoms with Crippen LogP contribution >= 0.6 is 0 Å². The normalized spacial score (nSPS) is 32.2. The van der Waals surface area contributed by atoms with Gasteiger partial charge in [0.05, 0.1) is 0 Å². The zero-order valence-corrected chi connectivity index (χ0v) is 13.5. The van der Waals surface area contributed by atoms with E-state index in [4.69, 9.17) is 0 Å². The van der Waals surface area contributed by atoms with Crippen molar-refractivity contribution in [1.82, 2.24) is 10.2 Å². The molecule has 1 unspecified atom stereocenters. The van der Waals surface area contributed by atoms with Crippen LogP contribution in [0.4, 0.5) is 0 Å². The molecule has 1 saturated heterocycles. The molecule has 19 heavy (non-hydrogen) atoms. The Bertz CT molecular complexity index is 260. The van der Waals surface area contributed by atoms with E-state index in [1.54, 1.807) is 0 Å². The van der Waals surface area contributed by atoms with Crippen LogP contribution < -0.4 is 5.32 Å². The van der Waals surface area contributed by atoms with Gasteiger partial charge in [0.25, 0.3) is 0 Å². The predicted octanol–water partition coefficient (Wildman–Crippen LogP) is 3.67. The van der Waals surface area contributed by atoms with E-state index in [0.717, 1.165) is 11.8 Å². The molecule has 1 atom stereocenters. The maximum atomic E-state index is 3.68. The van der Waals surface area contributed by atoms with Crippen molar-refractivity contribution in [3.63, 3.8) is 0 Å². The lowest BCUT2D eigenvalue weighted by molar-refractivity contribution is 0.0322. The zero-order chi connectivity index (χ0) is 13.9. The number of rotatable bonds is 4. The van der Waals surface area contributed by atoms with Crippen LogP contribution in [0.15, 0.2) is 0 Å². The van der Waals surface area contributed by atoms with Gasteiger partial charge in [-0.15, -0.1) is 0 Å². The Hall–Kier alpha value is -0.0800. The second-order valence-corrected chi connectivity index (χ2v) is 7.49. The average molecular weight is 266 g/mol. The highest BCUT2D eigenvalue weighted by Gasteiger charge is 2.40. The third-order valence-electron chi connectivity index (χ3n) is 5.78. The molecule has 1 aliphatic heterocycles. The topological polar surface area (TPSA) is 15.3 Å². The Morgan fingerprint density at radius 2 is 1.58 bits per heavy atom. The van der Waals surface area contributed by atoms with E-state index >= 15 is 0 Å². The van der Waals surface area contributed by atoms with Crippen molar-refractivity contribution >= 4 is 0 Å². The zero-order valence-electron chi connectivity index (χ0n) is 13.5. The number of nitrogens with zero attached hydrogens (tertiary/aromatic N) is 1. The molecular weight excluding hydrogens is 232 g/mol. The Labute approximate surface area is 120 Å². The van der Waals surface area contributed by atoms with E-state index in [1.165, 1.54) is 58.0 Å². The number of hydrogen-bond acceptors (Lipinski definition) is 2. The van der Waals surface area contributed by atoms with Crippen LogP contribution in [-0.4, -0.2) is 36.6 Å². The Morgan fingerprint density at radius 3 is 2.11 bits per heavy atom. The molecule has 0 aromatic heterocycles. The molecule has 1 saturated carbocycles. The van der Waals surface area contributed by atoms with Crippen molar-refractivity contribution in [2.45, 2.75) is 77.3 Å². The van der Waals surface area contributed by atoms with Crippen molar-refractivity contribution in [2.24, 2.45) is 11.8 Å². The van der Waals surface area contributed by atoms with Crippen LogP contribution in [0, 0.1) is 11.8 Å². The van der Waals surface area contributed by atoms with Gasteiger partial charge in [0, 0.05) is 11.6 Å². The van der Waals surface area contributed by atoms with Crippen molar-refractivity contribution < 1.29 is 0 Å². The molecule has 2 aliphatic rings. The molecule has 0 amide bonds. The first-order chi connectivity index (χ1) is 9.05.